The average molecular weight is 388 g/mol. The zero-order valence-corrected chi connectivity index (χ0v) is 15.4. The van der Waals surface area contributed by atoms with E-state index in [2.05, 4.69) is 0 Å². The predicted octanol–water partition coefficient (Wildman–Crippen LogP) is 4.44. The van der Waals surface area contributed by atoms with Gasteiger partial charge >= 0.3 is 17.9 Å². The van der Waals surface area contributed by atoms with Gasteiger partial charge in [0.15, 0.2) is 17.7 Å². The van der Waals surface area contributed by atoms with E-state index in [1.165, 1.54) is 26.0 Å². The fourth-order valence-electron chi connectivity index (χ4n) is 3.13. The van der Waals surface area contributed by atoms with Gasteiger partial charge in [-0.15, -0.1) is 0 Å². The van der Waals surface area contributed by atoms with Crippen LogP contribution in [0.3, 0.4) is 0 Å². The predicted molar refractivity (Wildman–Crippen MR) is 90.5 cm³/mol. The Morgan fingerprint density at radius 2 is 1.81 bits per heavy atom. The highest BCUT2D eigenvalue weighted by atomic mass is 19.3. The molecule has 1 fully saturated rings. The molecule has 1 atom stereocenters. The van der Waals surface area contributed by atoms with Crippen LogP contribution in [0.25, 0.3) is 0 Å². The molecule has 1 aromatic carbocycles. The zero-order valence-electron chi connectivity index (χ0n) is 15.4. The molecule has 0 amide bonds. The van der Waals surface area contributed by atoms with Crippen LogP contribution in [-0.4, -0.2) is 34.7 Å². The highest BCUT2D eigenvalue weighted by Gasteiger charge is 2.51. The summed E-state index contributed by atoms with van der Waals surface area (Å²) < 4.78 is 52.3. The Kier molecular flexibility index (Phi) is 6.07. The number of hydrogen-bond donors (Lipinski definition) is 1. The Morgan fingerprint density at radius 1 is 1.22 bits per heavy atom. The molecule has 8 heteroatoms. The molecule has 0 spiro atoms. The second-order valence-electron chi connectivity index (χ2n) is 7.40. The topological polar surface area (TPSA) is 72.8 Å². The van der Waals surface area contributed by atoms with Gasteiger partial charge in [0.2, 0.25) is 0 Å². The van der Waals surface area contributed by atoms with Crippen LogP contribution in [0.5, 0.6) is 5.75 Å². The second kappa shape index (κ2) is 7.78. The zero-order chi connectivity index (χ0) is 20.4. The van der Waals surface area contributed by atoms with E-state index >= 15 is 0 Å². The molecule has 0 heterocycles. The van der Waals surface area contributed by atoms with Gasteiger partial charge in [0.1, 0.15) is 5.60 Å². The van der Waals surface area contributed by atoms with Gasteiger partial charge in [-0.25, -0.2) is 14.0 Å². The molecule has 150 valence electrons. The van der Waals surface area contributed by atoms with E-state index in [0.717, 1.165) is 31.7 Å². The van der Waals surface area contributed by atoms with Crippen LogP contribution in [0.4, 0.5) is 13.2 Å². The fourth-order valence-corrected chi connectivity index (χ4v) is 3.13. The monoisotopic (exact) mass is 388 g/mol. The molecule has 2 rings (SSSR count). The number of esters is 1. The third kappa shape index (κ3) is 4.73. The Bertz CT molecular complexity index is 711. The van der Waals surface area contributed by atoms with Crippen LogP contribution in [0.15, 0.2) is 18.2 Å². The van der Waals surface area contributed by atoms with Crippen molar-refractivity contribution >= 4 is 11.9 Å². The molecule has 27 heavy (non-hydrogen) atoms. The van der Waals surface area contributed by atoms with Gasteiger partial charge in [0.05, 0.1) is 5.56 Å². The van der Waals surface area contributed by atoms with Crippen molar-refractivity contribution < 1.29 is 37.3 Å². The number of ether oxygens (including phenoxy) is 2. The number of benzene rings is 1. The minimum absolute atomic E-state index is 0.0350. The third-order valence-electron chi connectivity index (χ3n) is 4.67. The molecule has 0 bridgehead atoms. The summed E-state index contributed by atoms with van der Waals surface area (Å²) >= 11 is 0. The van der Waals surface area contributed by atoms with Gasteiger partial charge < -0.3 is 14.6 Å². The number of aliphatic carboxylic acids is 1. The smallest absolute Gasteiger partial charge is 0.378 e. The first-order valence-corrected chi connectivity index (χ1v) is 8.77. The summed E-state index contributed by atoms with van der Waals surface area (Å²) in [7, 11) is 0. The summed E-state index contributed by atoms with van der Waals surface area (Å²) in [5.41, 5.74) is -0.780. The van der Waals surface area contributed by atoms with Crippen molar-refractivity contribution in [1.82, 2.24) is 0 Å². The normalized spacial score (nSPS) is 17.6. The molecule has 1 N–H and O–H groups in total. The van der Waals surface area contributed by atoms with Crippen LogP contribution in [0.2, 0.25) is 0 Å². The van der Waals surface area contributed by atoms with Crippen molar-refractivity contribution in [2.24, 2.45) is 5.92 Å². The van der Waals surface area contributed by atoms with E-state index in [9.17, 15) is 22.8 Å². The summed E-state index contributed by atoms with van der Waals surface area (Å²) in [6.45, 7) is 4.48. The maximum absolute atomic E-state index is 14.3. The summed E-state index contributed by atoms with van der Waals surface area (Å²) in [5.74, 6) is -9.70. The van der Waals surface area contributed by atoms with E-state index in [4.69, 9.17) is 14.6 Å². The molecule has 1 aromatic rings. The van der Waals surface area contributed by atoms with Crippen LogP contribution in [0, 0.1) is 11.7 Å². The van der Waals surface area contributed by atoms with E-state index in [0.29, 0.717) is 0 Å². The van der Waals surface area contributed by atoms with Crippen LogP contribution in [-0.2, 0) is 9.53 Å². The molecular weight excluding hydrogens is 365 g/mol. The Labute approximate surface area is 155 Å². The molecule has 1 unspecified atom stereocenters. The molecule has 5 nitrogen and oxygen atoms in total. The number of halogens is 3. The molecule has 1 aliphatic carbocycles. The van der Waals surface area contributed by atoms with Crippen molar-refractivity contribution in [1.29, 1.82) is 0 Å². The van der Waals surface area contributed by atoms with Crippen molar-refractivity contribution in [2.45, 2.75) is 64.1 Å². The van der Waals surface area contributed by atoms with Gasteiger partial charge in [0.25, 0.3) is 0 Å². The first-order chi connectivity index (χ1) is 12.5. The lowest BCUT2D eigenvalue weighted by atomic mass is 10.0. The molecule has 1 saturated carbocycles. The van der Waals surface area contributed by atoms with Gasteiger partial charge in [-0.1, -0.05) is 13.8 Å². The number of carbonyl (C=O) groups is 2. The Morgan fingerprint density at radius 3 is 2.30 bits per heavy atom. The standard InChI is InChI=1S/C19H23F3O5/c1-11(2)15(19(21,22)17(24)25)26-16(23)12-6-7-14(13(20)10-12)27-18(3)8-4-5-9-18/h6-7,10-11,15H,4-5,8-9H2,1-3H3,(H,24,25). The minimum Gasteiger partial charge on any atom is -0.485 e. The SMILES string of the molecule is CC(C)C(OC(=O)c1ccc(OC2(C)CCCC2)c(F)c1)C(F)(F)C(=O)O. The maximum atomic E-state index is 14.3. The molecule has 0 aliphatic heterocycles. The van der Waals surface area contributed by atoms with Gasteiger partial charge in [-0.3, -0.25) is 0 Å². The molecular formula is C19H23F3O5. The number of carbonyl (C=O) groups excluding carboxylic acids is 1. The van der Waals surface area contributed by atoms with Gasteiger partial charge in [-0.05, 0) is 56.7 Å². The molecule has 0 aromatic heterocycles. The van der Waals surface area contributed by atoms with E-state index < -0.39 is 41.3 Å². The number of carboxylic acid groups (broad SMARTS) is 1. The minimum atomic E-state index is -4.26. The lowest BCUT2D eigenvalue weighted by Crippen LogP contribution is -2.47. The summed E-state index contributed by atoms with van der Waals surface area (Å²) in [5, 5.41) is 8.67. The maximum Gasteiger partial charge on any atom is 0.378 e. The third-order valence-corrected chi connectivity index (χ3v) is 4.67. The highest BCUT2D eigenvalue weighted by Crippen LogP contribution is 2.35. The lowest BCUT2D eigenvalue weighted by molar-refractivity contribution is -0.187. The van der Waals surface area contributed by atoms with Crippen LogP contribution < -0.4 is 4.74 Å². The summed E-state index contributed by atoms with van der Waals surface area (Å²) in [4.78, 5) is 22.9. The quantitative estimate of drug-likeness (QED) is 0.699. The Hall–Kier alpha value is -2.25. The first-order valence-electron chi connectivity index (χ1n) is 8.77. The van der Waals surface area contributed by atoms with E-state index in [-0.39, 0.29) is 11.3 Å². The summed E-state index contributed by atoms with van der Waals surface area (Å²) in [6.07, 6.45) is 1.36. The number of carboxylic acids is 1. The first kappa shape index (κ1) is 21.1. The van der Waals surface area contributed by atoms with Crippen molar-refractivity contribution in [3.05, 3.63) is 29.6 Å². The molecule has 0 saturated heterocycles. The van der Waals surface area contributed by atoms with Crippen LogP contribution in [0.1, 0.15) is 56.8 Å². The molecule has 0 radical (unpaired) electrons. The molecule has 1 aliphatic rings. The van der Waals surface area contributed by atoms with Crippen LogP contribution >= 0.6 is 0 Å². The highest BCUT2D eigenvalue weighted by molar-refractivity contribution is 5.90. The van der Waals surface area contributed by atoms with E-state index in [1.807, 2.05) is 6.92 Å². The summed E-state index contributed by atoms with van der Waals surface area (Å²) in [6, 6.07) is 3.29. The van der Waals surface area contributed by atoms with Crippen molar-refractivity contribution in [3.63, 3.8) is 0 Å². The number of rotatable bonds is 7. The largest absolute Gasteiger partial charge is 0.485 e. The van der Waals surface area contributed by atoms with Crippen molar-refractivity contribution in [3.8, 4) is 5.75 Å². The van der Waals surface area contributed by atoms with Gasteiger partial charge in [-0.2, -0.15) is 8.78 Å². The fraction of sp³-hybridized carbons (Fsp3) is 0.579. The van der Waals surface area contributed by atoms with E-state index in [1.54, 1.807) is 0 Å². The number of hydrogen-bond acceptors (Lipinski definition) is 4. The van der Waals surface area contributed by atoms with Gasteiger partial charge in [0, 0.05) is 0 Å². The van der Waals surface area contributed by atoms with Crippen molar-refractivity contribution in [2.75, 3.05) is 0 Å². The Balaban J connectivity index is 2.16. The second-order valence-corrected chi connectivity index (χ2v) is 7.40. The average Bonchev–Trinajstić information content (AvgIpc) is 3.00. The number of alkyl halides is 2. The lowest BCUT2D eigenvalue weighted by Gasteiger charge is -2.27.